The summed E-state index contributed by atoms with van der Waals surface area (Å²) in [7, 11) is 0. The van der Waals surface area contributed by atoms with Crippen molar-refractivity contribution in [1.82, 2.24) is 10.4 Å². The van der Waals surface area contributed by atoms with Crippen LogP contribution in [0, 0.1) is 0 Å². The molecule has 5 heteroatoms. The molecule has 118 valence electrons. The van der Waals surface area contributed by atoms with Gasteiger partial charge in [-0.2, -0.15) is 5.10 Å². The molecule has 0 bridgehead atoms. The monoisotopic (exact) mass is 379 g/mol. The fourth-order valence-corrected chi connectivity index (χ4v) is 2.65. The van der Waals surface area contributed by atoms with Crippen LogP contribution in [0.15, 0.2) is 88.6 Å². The lowest BCUT2D eigenvalue weighted by atomic mass is 10.1. The third-order valence-corrected chi connectivity index (χ3v) is 4.03. The Kier molecular flexibility index (Phi) is 5.13. The molecule has 0 aliphatic carbocycles. The average Bonchev–Trinajstić information content (AvgIpc) is 2.64. The molecule has 2 aromatic carbocycles. The van der Waals surface area contributed by atoms with Gasteiger partial charge in [0, 0.05) is 16.2 Å². The van der Waals surface area contributed by atoms with Crippen molar-refractivity contribution in [2.24, 2.45) is 5.10 Å². The van der Waals surface area contributed by atoms with Crippen molar-refractivity contribution < 1.29 is 4.79 Å². The first-order valence-electron chi connectivity index (χ1n) is 7.35. The van der Waals surface area contributed by atoms with E-state index in [0.29, 0.717) is 17.0 Å². The number of pyridine rings is 1. The number of benzene rings is 2. The van der Waals surface area contributed by atoms with Crippen molar-refractivity contribution in [1.29, 1.82) is 0 Å². The van der Waals surface area contributed by atoms with Gasteiger partial charge in [0.25, 0.3) is 5.91 Å². The Morgan fingerprint density at radius 2 is 1.62 bits per heavy atom. The molecule has 1 amide bonds. The van der Waals surface area contributed by atoms with Crippen molar-refractivity contribution in [2.75, 3.05) is 0 Å². The van der Waals surface area contributed by atoms with Gasteiger partial charge in [-0.3, -0.25) is 9.78 Å². The summed E-state index contributed by atoms with van der Waals surface area (Å²) < 4.78 is 0.719. The summed E-state index contributed by atoms with van der Waals surface area (Å²) in [6.45, 7) is 0. The van der Waals surface area contributed by atoms with Crippen molar-refractivity contribution in [3.63, 3.8) is 0 Å². The number of hydrogen-bond acceptors (Lipinski definition) is 3. The Hall–Kier alpha value is -2.79. The van der Waals surface area contributed by atoms with Crippen LogP contribution in [0.1, 0.15) is 21.6 Å². The molecule has 0 saturated heterocycles. The minimum absolute atomic E-state index is 0.285. The fourth-order valence-electron chi connectivity index (χ4n) is 2.18. The van der Waals surface area contributed by atoms with Crippen LogP contribution in [-0.4, -0.2) is 16.6 Å². The topological polar surface area (TPSA) is 54.4 Å². The Bertz CT molecular complexity index is 823. The Balaban J connectivity index is 1.93. The second-order valence-corrected chi connectivity index (χ2v) is 5.82. The SMILES string of the molecule is O=C(N/N=C(\c1ccccc1)c1ccccn1)c1ccccc1Br. The second-order valence-electron chi connectivity index (χ2n) is 4.96. The number of amides is 1. The first kappa shape index (κ1) is 16.1. The van der Waals surface area contributed by atoms with Gasteiger partial charge < -0.3 is 0 Å². The van der Waals surface area contributed by atoms with Crippen molar-refractivity contribution in [3.8, 4) is 0 Å². The number of hydrazone groups is 1. The van der Waals surface area contributed by atoms with E-state index in [-0.39, 0.29) is 5.91 Å². The fraction of sp³-hybridized carbons (Fsp3) is 0. The zero-order chi connectivity index (χ0) is 16.8. The minimum atomic E-state index is -0.285. The molecule has 1 heterocycles. The van der Waals surface area contributed by atoms with E-state index < -0.39 is 0 Å². The molecule has 4 nitrogen and oxygen atoms in total. The van der Waals surface area contributed by atoms with Crippen molar-refractivity contribution >= 4 is 27.5 Å². The van der Waals surface area contributed by atoms with Gasteiger partial charge in [0.15, 0.2) is 0 Å². The summed E-state index contributed by atoms with van der Waals surface area (Å²) in [6.07, 6.45) is 1.70. The van der Waals surface area contributed by atoms with Gasteiger partial charge in [-0.15, -0.1) is 0 Å². The maximum atomic E-state index is 12.4. The molecule has 0 radical (unpaired) electrons. The van der Waals surface area contributed by atoms with E-state index in [0.717, 1.165) is 10.0 Å². The molecule has 0 fully saturated rings. The molecule has 0 saturated carbocycles. The minimum Gasteiger partial charge on any atom is -0.267 e. The van der Waals surface area contributed by atoms with Crippen LogP contribution in [0.3, 0.4) is 0 Å². The highest BCUT2D eigenvalue weighted by Crippen LogP contribution is 2.15. The van der Waals surface area contributed by atoms with Crippen LogP contribution < -0.4 is 5.43 Å². The lowest BCUT2D eigenvalue weighted by Gasteiger charge is -2.08. The lowest BCUT2D eigenvalue weighted by Crippen LogP contribution is -2.21. The van der Waals surface area contributed by atoms with Gasteiger partial charge in [0.1, 0.15) is 5.71 Å². The number of aromatic nitrogens is 1. The Morgan fingerprint density at radius 3 is 2.33 bits per heavy atom. The van der Waals surface area contributed by atoms with Crippen LogP contribution in [0.2, 0.25) is 0 Å². The number of nitrogens with zero attached hydrogens (tertiary/aromatic N) is 2. The molecule has 0 aliphatic rings. The molecule has 3 rings (SSSR count). The van der Waals surface area contributed by atoms with E-state index in [1.165, 1.54) is 0 Å². The normalized spacial score (nSPS) is 11.1. The molecule has 24 heavy (non-hydrogen) atoms. The molecule has 0 spiro atoms. The molecule has 3 aromatic rings. The van der Waals surface area contributed by atoms with Crippen LogP contribution in [-0.2, 0) is 0 Å². The highest BCUT2D eigenvalue weighted by molar-refractivity contribution is 9.10. The van der Waals surface area contributed by atoms with Gasteiger partial charge in [-0.05, 0) is 40.2 Å². The Morgan fingerprint density at radius 1 is 0.917 bits per heavy atom. The van der Waals surface area contributed by atoms with E-state index >= 15 is 0 Å². The molecular formula is C19H14BrN3O. The molecular weight excluding hydrogens is 366 g/mol. The summed E-state index contributed by atoms with van der Waals surface area (Å²) >= 11 is 3.37. The molecule has 1 aromatic heterocycles. The van der Waals surface area contributed by atoms with E-state index in [2.05, 4.69) is 31.4 Å². The van der Waals surface area contributed by atoms with Crippen LogP contribution >= 0.6 is 15.9 Å². The Labute approximate surface area is 148 Å². The average molecular weight is 380 g/mol. The molecule has 0 aliphatic heterocycles. The predicted molar refractivity (Wildman–Crippen MR) is 97.9 cm³/mol. The van der Waals surface area contributed by atoms with Crippen LogP contribution in [0.5, 0.6) is 0 Å². The highest BCUT2D eigenvalue weighted by atomic mass is 79.9. The highest BCUT2D eigenvalue weighted by Gasteiger charge is 2.11. The third kappa shape index (κ3) is 3.75. The zero-order valence-corrected chi connectivity index (χ0v) is 14.3. The third-order valence-electron chi connectivity index (χ3n) is 3.34. The van der Waals surface area contributed by atoms with Gasteiger partial charge >= 0.3 is 0 Å². The molecule has 0 atom stereocenters. The van der Waals surface area contributed by atoms with Crippen LogP contribution in [0.25, 0.3) is 0 Å². The number of nitrogens with one attached hydrogen (secondary N) is 1. The van der Waals surface area contributed by atoms with E-state index in [9.17, 15) is 4.79 Å². The lowest BCUT2D eigenvalue weighted by molar-refractivity contribution is 0.0954. The summed E-state index contributed by atoms with van der Waals surface area (Å²) in [5.41, 5.74) is 5.32. The number of rotatable bonds is 4. The van der Waals surface area contributed by atoms with E-state index in [1.54, 1.807) is 18.3 Å². The maximum Gasteiger partial charge on any atom is 0.272 e. The van der Waals surface area contributed by atoms with E-state index in [1.807, 2.05) is 60.7 Å². The zero-order valence-electron chi connectivity index (χ0n) is 12.7. The van der Waals surface area contributed by atoms with Crippen molar-refractivity contribution in [2.45, 2.75) is 0 Å². The summed E-state index contributed by atoms with van der Waals surface area (Å²) in [5, 5.41) is 4.32. The summed E-state index contributed by atoms with van der Waals surface area (Å²) in [5.74, 6) is -0.285. The number of hydrogen-bond donors (Lipinski definition) is 1. The smallest absolute Gasteiger partial charge is 0.267 e. The predicted octanol–water partition coefficient (Wildman–Crippen LogP) is 4.03. The summed E-state index contributed by atoms with van der Waals surface area (Å²) in [4.78, 5) is 16.7. The van der Waals surface area contributed by atoms with Gasteiger partial charge in [0.05, 0.1) is 11.3 Å². The van der Waals surface area contributed by atoms with Crippen molar-refractivity contribution in [3.05, 3.63) is 100 Å². The second kappa shape index (κ2) is 7.66. The summed E-state index contributed by atoms with van der Waals surface area (Å²) in [6, 6.07) is 22.4. The van der Waals surface area contributed by atoms with Gasteiger partial charge in [0.2, 0.25) is 0 Å². The molecule has 0 unspecified atom stereocenters. The first-order valence-corrected chi connectivity index (χ1v) is 8.14. The quantitative estimate of drug-likeness (QED) is 0.549. The standard InChI is InChI=1S/C19H14BrN3O/c20-16-11-5-4-10-15(16)19(24)23-22-18(14-8-2-1-3-9-14)17-12-6-7-13-21-17/h1-13H,(H,23,24)/b22-18+. The number of halogens is 1. The van der Waals surface area contributed by atoms with Gasteiger partial charge in [-0.25, -0.2) is 5.43 Å². The number of carbonyl (C=O) groups excluding carboxylic acids is 1. The van der Waals surface area contributed by atoms with Crippen LogP contribution in [0.4, 0.5) is 0 Å². The largest absolute Gasteiger partial charge is 0.272 e. The molecule has 1 N–H and O–H groups in total. The van der Waals surface area contributed by atoms with Gasteiger partial charge in [-0.1, -0.05) is 48.5 Å². The van der Waals surface area contributed by atoms with E-state index in [4.69, 9.17) is 0 Å². The first-order chi connectivity index (χ1) is 11.8. The number of carbonyl (C=O) groups is 1. The maximum absolute atomic E-state index is 12.4.